The van der Waals surface area contributed by atoms with Crippen molar-refractivity contribution in [3.63, 3.8) is 0 Å². The van der Waals surface area contributed by atoms with Gasteiger partial charge in [-0.15, -0.1) is 23.2 Å². The summed E-state index contributed by atoms with van der Waals surface area (Å²) in [6.07, 6.45) is 0.919. The van der Waals surface area contributed by atoms with E-state index in [-0.39, 0.29) is 12.8 Å². The molecule has 2 atom stereocenters. The van der Waals surface area contributed by atoms with E-state index in [4.69, 9.17) is 33.4 Å². The summed E-state index contributed by atoms with van der Waals surface area (Å²) in [4.78, 5) is 18.4. The predicted octanol–water partition coefficient (Wildman–Crippen LogP) is 2.71. The Morgan fingerprint density at radius 1 is 0.938 bits per heavy atom. The molecule has 94 valence electrons. The van der Waals surface area contributed by atoms with Crippen LogP contribution in [-0.2, 0) is 9.59 Å². The Hall–Kier alpha value is -0.480. The zero-order chi connectivity index (χ0) is 13.0. The lowest BCUT2D eigenvalue weighted by Crippen LogP contribution is -2.56. The average molecular weight is 271 g/mol. The molecule has 0 aromatic heterocycles. The van der Waals surface area contributed by atoms with E-state index in [1.165, 1.54) is 0 Å². The van der Waals surface area contributed by atoms with Crippen LogP contribution in [0.1, 0.15) is 39.5 Å². The van der Waals surface area contributed by atoms with Crippen LogP contribution in [0, 0.1) is 0 Å². The molecular weight excluding hydrogens is 255 g/mol. The summed E-state index contributed by atoms with van der Waals surface area (Å²) >= 11 is 11.9. The van der Waals surface area contributed by atoms with E-state index in [0.29, 0.717) is 12.8 Å². The van der Waals surface area contributed by atoms with E-state index in [0.717, 1.165) is 0 Å². The van der Waals surface area contributed by atoms with Crippen LogP contribution >= 0.6 is 23.2 Å². The van der Waals surface area contributed by atoms with Crippen molar-refractivity contribution in [1.29, 1.82) is 0 Å². The smallest absolute Gasteiger partial charge is 0.327 e. The van der Waals surface area contributed by atoms with Gasteiger partial charge < -0.3 is 10.2 Å². The van der Waals surface area contributed by atoms with E-state index in [1.807, 2.05) is 0 Å². The second-order valence-electron chi connectivity index (χ2n) is 3.71. The molecule has 2 N–H and O–H groups in total. The zero-order valence-corrected chi connectivity index (χ0v) is 10.8. The number of rotatable bonds is 7. The van der Waals surface area contributed by atoms with Crippen LogP contribution in [0.3, 0.4) is 0 Å². The molecule has 16 heavy (non-hydrogen) atoms. The van der Waals surface area contributed by atoms with Gasteiger partial charge >= 0.3 is 11.9 Å². The molecule has 0 bridgehead atoms. The topological polar surface area (TPSA) is 74.6 Å². The van der Waals surface area contributed by atoms with Gasteiger partial charge in [0.2, 0.25) is 0 Å². The Kier molecular flexibility index (Phi) is 5.56. The van der Waals surface area contributed by atoms with Gasteiger partial charge in [0.15, 0.2) is 9.75 Å². The highest BCUT2D eigenvalue weighted by Crippen LogP contribution is 2.43. The number of hydrogen-bond donors (Lipinski definition) is 2. The molecule has 0 aliphatic heterocycles. The fourth-order valence-corrected chi connectivity index (χ4v) is 2.37. The van der Waals surface area contributed by atoms with Crippen LogP contribution in [0.5, 0.6) is 0 Å². The van der Waals surface area contributed by atoms with Crippen LogP contribution in [-0.4, -0.2) is 31.9 Å². The molecule has 0 spiro atoms. The molecule has 0 rings (SSSR count). The van der Waals surface area contributed by atoms with Crippen LogP contribution < -0.4 is 0 Å². The van der Waals surface area contributed by atoms with Gasteiger partial charge in [-0.1, -0.05) is 26.7 Å². The molecule has 0 saturated carbocycles. The van der Waals surface area contributed by atoms with E-state index < -0.39 is 21.7 Å². The Bertz CT molecular complexity index is 254. The van der Waals surface area contributed by atoms with Crippen molar-refractivity contribution in [3.8, 4) is 0 Å². The third-order valence-electron chi connectivity index (χ3n) is 2.50. The maximum absolute atomic E-state index is 11.2. The van der Waals surface area contributed by atoms with Crippen molar-refractivity contribution in [3.05, 3.63) is 0 Å². The first kappa shape index (κ1) is 15.5. The summed E-state index contributed by atoms with van der Waals surface area (Å²) in [5, 5.41) is 18.2. The number of aliphatic carboxylic acids is 2. The zero-order valence-electron chi connectivity index (χ0n) is 9.30. The minimum Gasteiger partial charge on any atom is -0.480 e. The van der Waals surface area contributed by atoms with Gasteiger partial charge in [-0.2, -0.15) is 0 Å². The number of carboxylic acid groups (broad SMARTS) is 2. The maximum Gasteiger partial charge on any atom is 0.327 e. The summed E-state index contributed by atoms with van der Waals surface area (Å²) in [6, 6.07) is 0. The number of alkyl halides is 2. The van der Waals surface area contributed by atoms with E-state index in [2.05, 4.69) is 0 Å². The summed E-state index contributed by atoms with van der Waals surface area (Å²) < 4.78 is 0. The molecule has 0 amide bonds. The molecule has 2 unspecified atom stereocenters. The second kappa shape index (κ2) is 5.73. The minimum absolute atomic E-state index is 0.0136. The van der Waals surface area contributed by atoms with Crippen molar-refractivity contribution in [2.75, 3.05) is 0 Å². The molecular formula is C10H16Cl2O4. The van der Waals surface area contributed by atoms with Crippen LogP contribution in [0.2, 0.25) is 0 Å². The first-order chi connectivity index (χ1) is 7.26. The van der Waals surface area contributed by atoms with Gasteiger partial charge in [0.1, 0.15) is 0 Å². The first-order valence-electron chi connectivity index (χ1n) is 5.10. The minimum atomic E-state index is -1.97. The average Bonchev–Trinajstić information content (AvgIpc) is 2.17. The second-order valence-corrected chi connectivity index (χ2v) is 5.00. The largest absolute Gasteiger partial charge is 0.480 e. The standard InChI is InChI=1S/C10H16Cl2O4/c1-3-5-9(11,7(13)14)10(12,6-4-2)8(15)16/h3-6H2,1-2H3,(H,13,14)(H,15,16). The number of carbonyl (C=O) groups is 2. The highest BCUT2D eigenvalue weighted by atomic mass is 35.5. The molecule has 6 heteroatoms. The van der Waals surface area contributed by atoms with Gasteiger partial charge in [-0.3, -0.25) is 9.59 Å². The molecule has 0 radical (unpaired) electrons. The van der Waals surface area contributed by atoms with Crippen molar-refractivity contribution in [2.45, 2.75) is 49.3 Å². The van der Waals surface area contributed by atoms with Crippen molar-refractivity contribution in [2.24, 2.45) is 0 Å². The van der Waals surface area contributed by atoms with Crippen LogP contribution in [0.15, 0.2) is 0 Å². The highest BCUT2D eigenvalue weighted by molar-refractivity contribution is 6.47. The van der Waals surface area contributed by atoms with Gasteiger partial charge in [0, 0.05) is 0 Å². The Morgan fingerprint density at radius 3 is 1.31 bits per heavy atom. The SMILES string of the molecule is CCCC(Cl)(C(=O)O)C(Cl)(CCC)C(=O)O. The maximum atomic E-state index is 11.2. The molecule has 0 aromatic carbocycles. The third kappa shape index (κ3) is 2.61. The fraction of sp³-hybridized carbons (Fsp3) is 0.800. The Labute approximate surface area is 105 Å². The first-order valence-corrected chi connectivity index (χ1v) is 5.86. The molecule has 0 aliphatic rings. The Morgan fingerprint density at radius 2 is 1.19 bits per heavy atom. The van der Waals surface area contributed by atoms with E-state index in [9.17, 15) is 9.59 Å². The molecule has 0 aromatic rings. The summed E-state index contributed by atoms with van der Waals surface area (Å²) in [7, 11) is 0. The number of carboxylic acids is 2. The molecule has 0 saturated heterocycles. The monoisotopic (exact) mass is 270 g/mol. The summed E-state index contributed by atoms with van der Waals surface area (Å²) in [6.45, 7) is 3.45. The lowest BCUT2D eigenvalue weighted by molar-refractivity contribution is -0.150. The van der Waals surface area contributed by atoms with Crippen LogP contribution in [0.4, 0.5) is 0 Å². The molecule has 0 aliphatic carbocycles. The van der Waals surface area contributed by atoms with Crippen molar-refractivity contribution >= 4 is 35.1 Å². The van der Waals surface area contributed by atoms with Gasteiger partial charge in [-0.05, 0) is 12.8 Å². The quantitative estimate of drug-likeness (QED) is 0.698. The van der Waals surface area contributed by atoms with E-state index in [1.54, 1.807) is 13.8 Å². The summed E-state index contributed by atoms with van der Waals surface area (Å²) in [5.74, 6) is -2.77. The predicted molar refractivity (Wildman–Crippen MR) is 62.3 cm³/mol. The highest BCUT2D eigenvalue weighted by Gasteiger charge is 2.59. The lowest BCUT2D eigenvalue weighted by atomic mass is 9.83. The number of halogens is 2. The lowest BCUT2D eigenvalue weighted by Gasteiger charge is -2.35. The van der Waals surface area contributed by atoms with Crippen molar-refractivity contribution < 1.29 is 19.8 Å². The van der Waals surface area contributed by atoms with E-state index >= 15 is 0 Å². The fourth-order valence-electron chi connectivity index (χ4n) is 1.64. The van der Waals surface area contributed by atoms with Crippen LogP contribution in [0.25, 0.3) is 0 Å². The Balaban J connectivity index is 5.43. The van der Waals surface area contributed by atoms with Crippen molar-refractivity contribution in [1.82, 2.24) is 0 Å². The van der Waals surface area contributed by atoms with Gasteiger partial charge in [0.25, 0.3) is 0 Å². The van der Waals surface area contributed by atoms with Gasteiger partial charge in [-0.25, -0.2) is 0 Å². The molecule has 0 fully saturated rings. The summed E-state index contributed by atoms with van der Waals surface area (Å²) in [5.41, 5.74) is 0. The normalized spacial score (nSPS) is 18.5. The number of hydrogen-bond acceptors (Lipinski definition) is 2. The molecule has 4 nitrogen and oxygen atoms in total. The third-order valence-corrected chi connectivity index (χ3v) is 3.94. The molecule has 0 heterocycles. The van der Waals surface area contributed by atoms with Gasteiger partial charge in [0.05, 0.1) is 0 Å².